The Labute approximate surface area is 168 Å². The zero-order valence-electron chi connectivity index (χ0n) is 16.0. The number of hydrogen-bond donors (Lipinski definition) is 2. The van der Waals surface area contributed by atoms with Gasteiger partial charge in [0.1, 0.15) is 11.5 Å². The first-order chi connectivity index (χ1) is 14.2. The number of rotatable bonds is 6. The molecule has 150 valence electrons. The second-order valence-electron chi connectivity index (χ2n) is 6.99. The Bertz CT molecular complexity index is 950. The third-order valence-electron chi connectivity index (χ3n) is 5.14. The van der Waals surface area contributed by atoms with E-state index < -0.39 is 11.8 Å². The van der Waals surface area contributed by atoms with E-state index in [0.29, 0.717) is 5.76 Å². The minimum Gasteiger partial charge on any atom is -0.468 e. The molecule has 4 rings (SSSR count). The zero-order valence-corrected chi connectivity index (χ0v) is 16.0. The summed E-state index contributed by atoms with van der Waals surface area (Å²) < 4.78 is 10.8. The molecule has 3 heterocycles. The van der Waals surface area contributed by atoms with E-state index in [1.807, 2.05) is 18.2 Å². The predicted octanol–water partition coefficient (Wildman–Crippen LogP) is 2.40. The van der Waals surface area contributed by atoms with Gasteiger partial charge in [-0.1, -0.05) is 24.3 Å². The van der Waals surface area contributed by atoms with Gasteiger partial charge in [-0.15, -0.1) is 0 Å². The molecule has 0 radical (unpaired) electrons. The van der Waals surface area contributed by atoms with Crippen molar-refractivity contribution in [1.29, 1.82) is 0 Å². The summed E-state index contributed by atoms with van der Waals surface area (Å²) in [6.45, 7) is 2.07. The van der Waals surface area contributed by atoms with E-state index in [9.17, 15) is 9.59 Å². The van der Waals surface area contributed by atoms with Crippen LogP contribution in [0.1, 0.15) is 28.7 Å². The fourth-order valence-electron chi connectivity index (χ4n) is 3.60. The molecule has 1 aromatic carbocycles. The summed E-state index contributed by atoms with van der Waals surface area (Å²) in [5.74, 6) is -0.0126. The van der Waals surface area contributed by atoms with Gasteiger partial charge in [-0.05, 0) is 41.8 Å². The molecule has 0 fully saturated rings. The van der Waals surface area contributed by atoms with Crippen LogP contribution >= 0.6 is 0 Å². The Morgan fingerprint density at radius 3 is 2.45 bits per heavy atom. The molecule has 29 heavy (non-hydrogen) atoms. The molecule has 1 aliphatic heterocycles. The molecule has 7 nitrogen and oxygen atoms in total. The van der Waals surface area contributed by atoms with Crippen molar-refractivity contribution in [1.82, 2.24) is 15.5 Å². The first-order valence-electron chi connectivity index (χ1n) is 9.63. The molecular formula is C22H23N3O4. The van der Waals surface area contributed by atoms with Crippen LogP contribution in [0.2, 0.25) is 0 Å². The number of fused-ring (bicyclic) bond motifs is 1. The van der Waals surface area contributed by atoms with Crippen LogP contribution in [0.5, 0.6) is 0 Å². The summed E-state index contributed by atoms with van der Waals surface area (Å²) in [6, 6.07) is 15.4. The maximum absolute atomic E-state index is 12.3. The summed E-state index contributed by atoms with van der Waals surface area (Å²) in [4.78, 5) is 26.6. The Morgan fingerprint density at radius 1 is 0.931 bits per heavy atom. The molecule has 3 aromatic rings. The molecule has 7 heteroatoms. The molecule has 0 bridgehead atoms. The van der Waals surface area contributed by atoms with Gasteiger partial charge in [0.25, 0.3) is 0 Å². The minimum atomic E-state index is -0.691. The Balaban J connectivity index is 1.38. The second kappa shape index (κ2) is 8.79. The van der Waals surface area contributed by atoms with Gasteiger partial charge in [0.15, 0.2) is 0 Å². The van der Waals surface area contributed by atoms with Crippen molar-refractivity contribution in [3.8, 4) is 0 Å². The van der Waals surface area contributed by atoms with Crippen molar-refractivity contribution < 1.29 is 18.4 Å². The third kappa shape index (κ3) is 4.57. The summed E-state index contributed by atoms with van der Waals surface area (Å²) >= 11 is 0. The van der Waals surface area contributed by atoms with E-state index in [2.05, 4.69) is 33.7 Å². The number of carbonyl (C=O) groups excluding carboxylic acids is 2. The topological polar surface area (TPSA) is 87.7 Å². The lowest BCUT2D eigenvalue weighted by atomic mass is 9.98. The maximum atomic E-state index is 12.3. The molecule has 2 aromatic heterocycles. The van der Waals surface area contributed by atoms with Crippen LogP contribution in [0.15, 0.2) is 69.9 Å². The molecule has 0 spiro atoms. The monoisotopic (exact) mass is 393 g/mol. The number of furan rings is 2. The minimum absolute atomic E-state index is 0.153. The molecule has 0 saturated carbocycles. The lowest BCUT2D eigenvalue weighted by Crippen LogP contribution is -2.44. The highest BCUT2D eigenvalue weighted by atomic mass is 16.3. The van der Waals surface area contributed by atoms with Crippen molar-refractivity contribution in [3.05, 3.63) is 83.7 Å². The Kier molecular flexibility index (Phi) is 5.76. The quantitative estimate of drug-likeness (QED) is 0.628. The van der Waals surface area contributed by atoms with Crippen LogP contribution in [0.25, 0.3) is 0 Å². The van der Waals surface area contributed by atoms with E-state index in [1.54, 1.807) is 18.4 Å². The van der Waals surface area contributed by atoms with Gasteiger partial charge >= 0.3 is 11.8 Å². The van der Waals surface area contributed by atoms with Crippen LogP contribution in [0.3, 0.4) is 0 Å². The highest BCUT2D eigenvalue weighted by Crippen LogP contribution is 2.27. The molecule has 0 unspecified atom stereocenters. The SMILES string of the molecule is O=C(NCc1ccco1)C(=O)NC[C@@H](c1ccco1)N1CCc2ccccc2C1. The van der Waals surface area contributed by atoms with E-state index in [1.165, 1.54) is 17.4 Å². The Morgan fingerprint density at radius 2 is 1.69 bits per heavy atom. The van der Waals surface area contributed by atoms with Crippen LogP contribution in [-0.4, -0.2) is 29.8 Å². The zero-order chi connectivity index (χ0) is 20.1. The third-order valence-corrected chi connectivity index (χ3v) is 5.14. The first kappa shape index (κ1) is 19.0. The average molecular weight is 393 g/mol. The van der Waals surface area contributed by atoms with Crippen LogP contribution in [0.4, 0.5) is 0 Å². The number of benzene rings is 1. The average Bonchev–Trinajstić information content (AvgIpc) is 3.46. The van der Waals surface area contributed by atoms with E-state index in [-0.39, 0.29) is 19.1 Å². The number of hydrogen-bond acceptors (Lipinski definition) is 5. The molecular weight excluding hydrogens is 370 g/mol. The molecule has 0 aliphatic carbocycles. The normalized spacial score (nSPS) is 14.8. The van der Waals surface area contributed by atoms with Gasteiger partial charge in [-0.25, -0.2) is 0 Å². The number of amides is 2. The maximum Gasteiger partial charge on any atom is 0.309 e. The molecule has 2 N–H and O–H groups in total. The van der Waals surface area contributed by atoms with E-state index >= 15 is 0 Å². The summed E-state index contributed by atoms with van der Waals surface area (Å²) in [6.07, 6.45) is 4.08. The van der Waals surface area contributed by atoms with Crippen molar-refractivity contribution in [2.75, 3.05) is 13.1 Å². The number of nitrogens with one attached hydrogen (secondary N) is 2. The van der Waals surface area contributed by atoms with E-state index in [4.69, 9.17) is 8.83 Å². The van der Waals surface area contributed by atoms with Gasteiger partial charge in [-0.2, -0.15) is 0 Å². The summed E-state index contributed by atoms with van der Waals surface area (Å²) in [5, 5.41) is 5.29. The highest BCUT2D eigenvalue weighted by Gasteiger charge is 2.27. The molecule has 0 saturated heterocycles. The molecule has 1 aliphatic rings. The van der Waals surface area contributed by atoms with Crippen LogP contribution in [0, 0.1) is 0 Å². The summed E-state index contributed by atoms with van der Waals surface area (Å²) in [5.41, 5.74) is 2.63. The van der Waals surface area contributed by atoms with E-state index in [0.717, 1.165) is 25.3 Å². The van der Waals surface area contributed by atoms with Crippen molar-refractivity contribution >= 4 is 11.8 Å². The van der Waals surface area contributed by atoms with Gasteiger partial charge in [0.2, 0.25) is 0 Å². The largest absolute Gasteiger partial charge is 0.468 e. The number of carbonyl (C=O) groups is 2. The molecule has 1 atom stereocenters. The van der Waals surface area contributed by atoms with Crippen molar-refractivity contribution in [2.45, 2.75) is 25.6 Å². The predicted molar refractivity (Wildman–Crippen MR) is 106 cm³/mol. The van der Waals surface area contributed by atoms with Crippen molar-refractivity contribution in [3.63, 3.8) is 0 Å². The van der Waals surface area contributed by atoms with Gasteiger partial charge < -0.3 is 19.5 Å². The lowest BCUT2D eigenvalue weighted by Gasteiger charge is -2.34. The van der Waals surface area contributed by atoms with Gasteiger partial charge in [0, 0.05) is 19.6 Å². The van der Waals surface area contributed by atoms with Gasteiger partial charge in [0.05, 0.1) is 25.1 Å². The highest BCUT2D eigenvalue weighted by molar-refractivity contribution is 6.35. The first-order valence-corrected chi connectivity index (χ1v) is 9.63. The Hall–Kier alpha value is -3.32. The summed E-state index contributed by atoms with van der Waals surface area (Å²) in [7, 11) is 0. The van der Waals surface area contributed by atoms with Crippen LogP contribution < -0.4 is 10.6 Å². The van der Waals surface area contributed by atoms with Gasteiger partial charge in [-0.3, -0.25) is 14.5 Å². The number of nitrogens with zero attached hydrogens (tertiary/aromatic N) is 1. The molecule has 2 amide bonds. The fourth-order valence-corrected chi connectivity index (χ4v) is 3.60. The second-order valence-corrected chi connectivity index (χ2v) is 6.99. The smallest absolute Gasteiger partial charge is 0.309 e. The standard InChI is InChI=1S/C22H23N3O4/c26-21(23-13-18-7-3-11-28-18)22(27)24-14-19(20-8-4-12-29-20)25-10-9-16-5-1-2-6-17(16)15-25/h1-8,11-12,19H,9-10,13-15H2,(H,23,26)(H,24,27)/t19-/m0/s1. The lowest BCUT2D eigenvalue weighted by molar-refractivity contribution is -0.139. The van der Waals surface area contributed by atoms with Crippen molar-refractivity contribution in [2.24, 2.45) is 0 Å². The van der Waals surface area contributed by atoms with Crippen LogP contribution in [-0.2, 0) is 29.1 Å². The fraction of sp³-hybridized carbons (Fsp3) is 0.273.